The number of aromatic nitrogens is 3. The molecule has 0 fully saturated rings. The predicted octanol–water partition coefficient (Wildman–Crippen LogP) is 5.32. The van der Waals surface area contributed by atoms with Gasteiger partial charge in [-0.2, -0.15) is 0 Å². The van der Waals surface area contributed by atoms with Crippen LogP contribution in [0.3, 0.4) is 0 Å². The van der Waals surface area contributed by atoms with Crippen molar-refractivity contribution < 1.29 is 0 Å². The first kappa shape index (κ1) is 18.9. The molecule has 0 N–H and O–H groups in total. The van der Waals surface area contributed by atoms with Crippen LogP contribution in [0.15, 0.2) is 69.9 Å². The van der Waals surface area contributed by atoms with Crippen LogP contribution in [-0.2, 0) is 12.2 Å². The maximum absolute atomic E-state index is 12.9. The van der Waals surface area contributed by atoms with E-state index in [2.05, 4.69) is 29.6 Å². The number of thiazole rings is 1. The van der Waals surface area contributed by atoms with E-state index in [-0.39, 0.29) is 11.6 Å². The summed E-state index contributed by atoms with van der Waals surface area (Å²) in [5.74, 6) is 0.697. The second kappa shape index (κ2) is 8.29. The first-order valence-electron chi connectivity index (χ1n) is 9.23. The Kier molecular flexibility index (Phi) is 5.59. The number of benzene rings is 2. The molecule has 142 valence electrons. The maximum Gasteiger partial charge on any atom is 0.262 e. The lowest BCUT2D eigenvalue weighted by Gasteiger charge is -2.15. The van der Waals surface area contributed by atoms with Crippen LogP contribution in [0.25, 0.3) is 10.9 Å². The van der Waals surface area contributed by atoms with Crippen molar-refractivity contribution in [1.29, 1.82) is 0 Å². The molecule has 6 heteroatoms. The lowest BCUT2D eigenvalue weighted by atomic mass is 10.2. The van der Waals surface area contributed by atoms with Gasteiger partial charge in [0.05, 0.1) is 21.6 Å². The summed E-state index contributed by atoms with van der Waals surface area (Å²) in [6, 6.07) is 18.0. The summed E-state index contributed by atoms with van der Waals surface area (Å²) in [5.41, 5.74) is 3.06. The molecule has 0 amide bonds. The van der Waals surface area contributed by atoms with Crippen LogP contribution >= 0.6 is 23.1 Å². The average molecular weight is 408 g/mol. The molecule has 0 aliphatic carbocycles. The van der Waals surface area contributed by atoms with Crippen molar-refractivity contribution in [2.75, 3.05) is 0 Å². The third kappa shape index (κ3) is 4.03. The van der Waals surface area contributed by atoms with Gasteiger partial charge in [-0.15, -0.1) is 11.3 Å². The zero-order valence-corrected chi connectivity index (χ0v) is 17.5. The second-order valence-electron chi connectivity index (χ2n) is 6.86. The second-order valence-corrected chi connectivity index (χ2v) is 8.75. The van der Waals surface area contributed by atoms with E-state index in [9.17, 15) is 4.79 Å². The zero-order valence-electron chi connectivity index (χ0n) is 15.8. The fourth-order valence-corrected chi connectivity index (χ4v) is 5.04. The van der Waals surface area contributed by atoms with E-state index in [1.807, 2.05) is 44.2 Å². The number of hydrogen-bond acceptors (Lipinski definition) is 5. The summed E-state index contributed by atoms with van der Waals surface area (Å²) in [6.45, 7) is 4.03. The Hall–Kier alpha value is -2.44. The first-order chi connectivity index (χ1) is 13.6. The van der Waals surface area contributed by atoms with Crippen LogP contribution in [0.4, 0.5) is 0 Å². The Morgan fingerprint density at radius 3 is 2.57 bits per heavy atom. The highest BCUT2D eigenvalue weighted by Crippen LogP contribution is 2.25. The summed E-state index contributed by atoms with van der Waals surface area (Å²) in [4.78, 5) is 22.4. The van der Waals surface area contributed by atoms with Gasteiger partial charge < -0.3 is 0 Å². The van der Waals surface area contributed by atoms with Gasteiger partial charge in [0.1, 0.15) is 0 Å². The molecule has 0 aliphatic rings. The van der Waals surface area contributed by atoms with Crippen LogP contribution in [0, 0.1) is 0 Å². The highest BCUT2D eigenvalue weighted by molar-refractivity contribution is 7.98. The quantitative estimate of drug-likeness (QED) is 0.321. The SMILES string of the molecule is CC(C)n1c(SCc2csc(Cc3ccccc3)n2)nc2ccccc2c1=O. The number of hydrogen-bond donors (Lipinski definition) is 0. The molecular formula is C22H21N3OS2. The highest BCUT2D eigenvalue weighted by atomic mass is 32.2. The van der Waals surface area contributed by atoms with E-state index in [1.54, 1.807) is 27.7 Å². The molecule has 4 rings (SSSR count). The lowest BCUT2D eigenvalue weighted by Crippen LogP contribution is -2.25. The van der Waals surface area contributed by atoms with Crippen LogP contribution in [0.5, 0.6) is 0 Å². The molecule has 2 aromatic carbocycles. The topological polar surface area (TPSA) is 47.8 Å². The van der Waals surface area contributed by atoms with Crippen molar-refractivity contribution >= 4 is 34.0 Å². The highest BCUT2D eigenvalue weighted by Gasteiger charge is 2.14. The van der Waals surface area contributed by atoms with Crippen LogP contribution < -0.4 is 5.56 Å². The van der Waals surface area contributed by atoms with Gasteiger partial charge in [-0.25, -0.2) is 9.97 Å². The van der Waals surface area contributed by atoms with E-state index in [4.69, 9.17) is 9.97 Å². The van der Waals surface area contributed by atoms with Crippen molar-refractivity contribution in [3.05, 3.63) is 86.6 Å². The molecule has 28 heavy (non-hydrogen) atoms. The van der Waals surface area contributed by atoms with Gasteiger partial charge in [0, 0.05) is 23.6 Å². The minimum atomic E-state index is 0.0196. The molecule has 0 saturated carbocycles. The molecular weight excluding hydrogens is 386 g/mol. The number of rotatable bonds is 6. The molecule has 2 heterocycles. The van der Waals surface area contributed by atoms with Crippen LogP contribution in [0.2, 0.25) is 0 Å². The van der Waals surface area contributed by atoms with E-state index in [1.165, 1.54) is 5.56 Å². The molecule has 0 bridgehead atoms. The minimum Gasteiger partial charge on any atom is -0.285 e. The van der Waals surface area contributed by atoms with Crippen molar-refractivity contribution in [3.8, 4) is 0 Å². The van der Waals surface area contributed by atoms with Gasteiger partial charge in [-0.05, 0) is 31.5 Å². The Balaban J connectivity index is 1.56. The molecule has 0 unspecified atom stereocenters. The average Bonchev–Trinajstić information content (AvgIpc) is 3.14. The number of fused-ring (bicyclic) bond motifs is 1. The molecule has 0 saturated heterocycles. The molecule has 2 aromatic heterocycles. The third-order valence-electron chi connectivity index (χ3n) is 4.44. The van der Waals surface area contributed by atoms with Crippen molar-refractivity contribution in [1.82, 2.24) is 14.5 Å². The van der Waals surface area contributed by atoms with E-state index in [0.29, 0.717) is 11.1 Å². The molecule has 4 aromatic rings. The largest absolute Gasteiger partial charge is 0.285 e. The van der Waals surface area contributed by atoms with Crippen molar-refractivity contribution in [3.63, 3.8) is 0 Å². The van der Waals surface area contributed by atoms with Gasteiger partial charge in [0.25, 0.3) is 5.56 Å². The van der Waals surface area contributed by atoms with Gasteiger partial charge in [-0.1, -0.05) is 54.2 Å². The molecule has 0 atom stereocenters. The molecule has 0 spiro atoms. The standard InChI is InChI=1S/C22H21N3OS2/c1-15(2)25-21(26)18-10-6-7-11-19(18)24-22(25)28-14-17-13-27-20(23-17)12-16-8-4-3-5-9-16/h3-11,13,15H,12,14H2,1-2H3. The van der Waals surface area contributed by atoms with Crippen molar-refractivity contribution in [2.24, 2.45) is 0 Å². The van der Waals surface area contributed by atoms with Gasteiger partial charge in [0.2, 0.25) is 0 Å². The number of thioether (sulfide) groups is 1. The summed E-state index contributed by atoms with van der Waals surface area (Å²) < 4.78 is 1.78. The van der Waals surface area contributed by atoms with E-state index in [0.717, 1.165) is 27.8 Å². The van der Waals surface area contributed by atoms with Gasteiger partial charge in [0.15, 0.2) is 5.16 Å². The Labute approximate surface area is 172 Å². The van der Waals surface area contributed by atoms with Gasteiger partial charge >= 0.3 is 0 Å². The monoisotopic (exact) mass is 407 g/mol. The van der Waals surface area contributed by atoms with E-state index < -0.39 is 0 Å². The Morgan fingerprint density at radius 2 is 1.79 bits per heavy atom. The van der Waals surface area contributed by atoms with Gasteiger partial charge in [-0.3, -0.25) is 9.36 Å². The molecule has 4 nitrogen and oxygen atoms in total. The normalized spacial score (nSPS) is 11.4. The maximum atomic E-state index is 12.9. The van der Waals surface area contributed by atoms with E-state index >= 15 is 0 Å². The predicted molar refractivity (Wildman–Crippen MR) is 117 cm³/mol. The first-order valence-corrected chi connectivity index (χ1v) is 11.1. The number of nitrogens with zero attached hydrogens (tertiary/aromatic N) is 3. The lowest BCUT2D eigenvalue weighted by molar-refractivity contribution is 0.519. The van der Waals surface area contributed by atoms with Crippen molar-refractivity contribution in [2.45, 2.75) is 37.2 Å². The van der Waals surface area contributed by atoms with Crippen LogP contribution in [-0.4, -0.2) is 14.5 Å². The summed E-state index contributed by atoms with van der Waals surface area (Å²) >= 11 is 3.26. The fourth-order valence-electron chi connectivity index (χ4n) is 3.09. The number of para-hydroxylation sites is 1. The van der Waals surface area contributed by atoms with Crippen LogP contribution in [0.1, 0.15) is 36.2 Å². The Bertz CT molecular complexity index is 1150. The fraction of sp³-hybridized carbons (Fsp3) is 0.227. The minimum absolute atomic E-state index is 0.0196. The summed E-state index contributed by atoms with van der Waals surface area (Å²) in [6.07, 6.45) is 0.848. The summed E-state index contributed by atoms with van der Waals surface area (Å²) in [7, 11) is 0. The molecule has 0 aliphatic heterocycles. The molecule has 0 radical (unpaired) electrons. The zero-order chi connectivity index (χ0) is 19.5. The summed E-state index contributed by atoms with van der Waals surface area (Å²) in [5, 5.41) is 4.62. The third-order valence-corrected chi connectivity index (χ3v) is 6.32. The smallest absolute Gasteiger partial charge is 0.262 e. The Morgan fingerprint density at radius 1 is 1.04 bits per heavy atom.